The first kappa shape index (κ1) is 18.5. The van der Waals surface area contributed by atoms with Crippen LogP contribution in [0.15, 0.2) is 53.4 Å². The Kier molecular flexibility index (Phi) is 5.93. The van der Waals surface area contributed by atoms with Crippen LogP contribution in [0, 0.1) is 5.82 Å². The lowest BCUT2D eigenvalue weighted by Gasteiger charge is -2.18. The van der Waals surface area contributed by atoms with E-state index in [1.165, 1.54) is 22.7 Å². The van der Waals surface area contributed by atoms with E-state index in [0.717, 1.165) is 11.3 Å². The van der Waals surface area contributed by atoms with Crippen LogP contribution in [0.4, 0.5) is 15.8 Å². The molecule has 2 aromatic rings. The highest BCUT2D eigenvalue weighted by Gasteiger charge is 2.24. The summed E-state index contributed by atoms with van der Waals surface area (Å²) in [4.78, 5) is 26.8. The number of thioether (sulfide) groups is 1. The predicted octanol–water partition coefficient (Wildman–Crippen LogP) is 4.46. The van der Waals surface area contributed by atoms with Gasteiger partial charge in [0.15, 0.2) is 0 Å². The third-order valence-corrected chi connectivity index (χ3v) is 5.64. The summed E-state index contributed by atoms with van der Waals surface area (Å²) in [6, 6.07) is 14.2. The Morgan fingerprint density at radius 2 is 2.04 bits per heavy atom. The molecule has 6 heteroatoms. The molecule has 1 fully saturated rings. The van der Waals surface area contributed by atoms with Crippen LogP contribution in [0.3, 0.4) is 0 Å². The maximum absolute atomic E-state index is 14.4. The van der Waals surface area contributed by atoms with E-state index in [0.29, 0.717) is 25.1 Å². The first-order valence-corrected chi connectivity index (χ1v) is 9.59. The molecule has 3 rings (SSSR count). The van der Waals surface area contributed by atoms with Crippen LogP contribution in [0.5, 0.6) is 0 Å². The van der Waals surface area contributed by atoms with Crippen molar-refractivity contribution in [3.05, 3.63) is 54.3 Å². The minimum absolute atomic E-state index is 0.0639. The van der Waals surface area contributed by atoms with Gasteiger partial charge < -0.3 is 10.2 Å². The van der Waals surface area contributed by atoms with Gasteiger partial charge in [-0.15, -0.1) is 11.8 Å². The van der Waals surface area contributed by atoms with Crippen molar-refractivity contribution >= 4 is 35.0 Å². The number of carbonyl (C=O) groups is 2. The molecule has 0 aromatic heterocycles. The Morgan fingerprint density at radius 3 is 2.65 bits per heavy atom. The van der Waals surface area contributed by atoms with E-state index in [2.05, 4.69) is 5.32 Å². The van der Waals surface area contributed by atoms with Gasteiger partial charge in [0.25, 0.3) is 0 Å². The van der Waals surface area contributed by atoms with Crippen LogP contribution in [0.25, 0.3) is 0 Å². The van der Waals surface area contributed by atoms with Gasteiger partial charge in [0.2, 0.25) is 11.8 Å². The summed E-state index contributed by atoms with van der Waals surface area (Å²) in [6.07, 6.45) is 1.85. The van der Waals surface area contributed by atoms with Crippen molar-refractivity contribution < 1.29 is 14.0 Å². The second-order valence-electron chi connectivity index (χ2n) is 6.13. The fraction of sp³-hybridized carbons (Fsp3) is 0.300. The molecule has 1 saturated heterocycles. The number of anilines is 2. The molecule has 0 saturated carbocycles. The van der Waals surface area contributed by atoms with Crippen LogP contribution in [-0.4, -0.2) is 23.6 Å². The normalized spacial score (nSPS) is 15.2. The highest BCUT2D eigenvalue weighted by molar-refractivity contribution is 8.00. The monoisotopic (exact) mass is 372 g/mol. The number of nitrogens with zero attached hydrogens (tertiary/aromatic N) is 1. The Morgan fingerprint density at radius 1 is 1.27 bits per heavy atom. The van der Waals surface area contributed by atoms with Gasteiger partial charge in [-0.1, -0.05) is 25.1 Å². The summed E-state index contributed by atoms with van der Waals surface area (Å²) < 4.78 is 14.4. The number of halogens is 1. The van der Waals surface area contributed by atoms with Crippen LogP contribution < -0.4 is 10.2 Å². The summed E-state index contributed by atoms with van der Waals surface area (Å²) in [7, 11) is 0. The molecular formula is C20H21FN2O2S. The number of carbonyl (C=O) groups excluding carboxylic acids is 2. The summed E-state index contributed by atoms with van der Waals surface area (Å²) in [5.41, 5.74) is 0.672. The molecular weight excluding hydrogens is 351 g/mol. The van der Waals surface area contributed by atoms with Crippen molar-refractivity contribution in [1.29, 1.82) is 0 Å². The Hall–Kier alpha value is -2.34. The standard InChI is InChI=1S/C20H21FN2O2S/c1-2-18(26-15-7-4-3-5-8-15)20(25)22-14-10-11-17(16(21)13-14)23-12-6-9-19(23)24/h3-5,7-8,10-11,13,18H,2,6,9,12H2,1H3,(H,22,25). The molecule has 1 unspecified atom stereocenters. The largest absolute Gasteiger partial charge is 0.325 e. The Balaban J connectivity index is 1.68. The van der Waals surface area contributed by atoms with Crippen molar-refractivity contribution in [2.24, 2.45) is 0 Å². The third kappa shape index (κ3) is 4.25. The molecule has 0 spiro atoms. The second-order valence-corrected chi connectivity index (χ2v) is 7.41. The van der Waals surface area contributed by atoms with Crippen LogP contribution >= 0.6 is 11.8 Å². The van der Waals surface area contributed by atoms with Crippen LogP contribution in [0.1, 0.15) is 26.2 Å². The van der Waals surface area contributed by atoms with Gasteiger partial charge >= 0.3 is 0 Å². The van der Waals surface area contributed by atoms with E-state index >= 15 is 0 Å². The van der Waals surface area contributed by atoms with Gasteiger partial charge in [0, 0.05) is 23.5 Å². The number of rotatable bonds is 6. The van der Waals surface area contributed by atoms with Gasteiger partial charge in [0.05, 0.1) is 10.9 Å². The molecule has 136 valence electrons. The van der Waals surface area contributed by atoms with Gasteiger partial charge in [-0.2, -0.15) is 0 Å². The molecule has 1 aliphatic rings. The lowest BCUT2D eigenvalue weighted by molar-refractivity contribution is -0.117. The molecule has 1 heterocycles. The summed E-state index contributed by atoms with van der Waals surface area (Å²) in [6.45, 7) is 2.48. The number of benzene rings is 2. The van der Waals surface area contributed by atoms with Crippen molar-refractivity contribution in [3.63, 3.8) is 0 Å². The average Bonchev–Trinajstić information content (AvgIpc) is 3.06. The Bertz CT molecular complexity index is 798. The van der Waals surface area contributed by atoms with Crippen molar-refractivity contribution in [1.82, 2.24) is 0 Å². The van der Waals surface area contributed by atoms with E-state index < -0.39 is 5.82 Å². The maximum atomic E-state index is 14.4. The van der Waals surface area contributed by atoms with Crippen LogP contribution in [0.2, 0.25) is 0 Å². The first-order chi connectivity index (χ1) is 12.6. The second kappa shape index (κ2) is 8.36. The van der Waals surface area contributed by atoms with E-state index in [4.69, 9.17) is 0 Å². The number of hydrogen-bond donors (Lipinski definition) is 1. The van der Waals surface area contributed by atoms with Gasteiger partial charge in [-0.25, -0.2) is 4.39 Å². The highest BCUT2D eigenvalue weighted by atomic mass is 32.2. The average molecular weight is 372 g/mol. The van der Waals surface area contributed by atoms with Gasteiger partial charge in [-0.05, 0) is 43.2 Å². The van der Waals surface area contributed by atoms with E-state index in [1.807, 2.05) is 37.3 Å². The van der Waals surface area contributed by atoms with Gasteiger partial charge in [-0.3, -0.25) is 9.59 Å². The van der Waals surface area contributed by atoms with Crippen LogP contribution in [-0.2, 0) is 9.59 Å². The molecule has 1 atom stereocenters. The SMILES string of the molecule is CCC(Sc1ccccc1)C(=O)Nc1ccc(N2CCCC2=O)c(F)c1. The van der Waals surface area contributed by atoms with Crippen molar-refractivity contribution in [3.8, 4) is 0 Å². The number of hydrogen-bond acceptors (Lipinski definition) is 3. The number of amides is 2. The molecule has 1 N–H and O–H groups in total. The summed E-state index contributed by atoms with van der Waals surface area (Å²) >= 11 is 1.49. The lowest BCUT2D eigenvalue weighted by Crippen LogP contribution is -2.26. The molecule has 1 aliphatic heterocycles. The van der Waals surface area contributed by atoms with Crippen molar-refractivity contribution in [2.75, 3.05) is 16.8 Å². The maximum Gasteiger partial charge on any atom is 0.237 e. The summed E-state index contributed by atoms with van der Waals surface area (Å²) in [5, 5.41) is 2.52. The van der Waals surface area contributed by atoms with Crippen molar-refractivity contribution in [2.45, 2.75) is 36.3 Å². The minimum atomic E-state index is -0.498. The molecule has 0 radical (unpaired) electrons. The van der Waals surface area contributed by atoms with E-state index in [9.17, 15) is 14.0 Å². The molecule has 26 heavy (non-hydrogen) atoms. The quantitative estimate of drug-likeness (QED) is 0.762. The molecule has 2 amide bonds. The van der Waals surface area contributed by atoms with E-state index in [-0.39, 0.29) is 22.8 Å². The van der Waals surface area contributed by atoms with E-state index in [1.54, 1.807) is 12.1 Å². The Labute approximate surface area is 156 Å². The summed E-state index contributed by atoms with van der Waals surface area (Å²) in [5.74, 6) is -0.724. The predicted molar refractivity (Wildman–Crippen MR) is 103 cm³/mol. The highest BCUT2D eigenvalue weighted by Crippen LogP contribution is 2.29. The number of nitrogens with one attached hydrogen (secondary N) is 1. The topological polar surface area (TPSA) is 49.4 Å². The minimum Gasteiger partial charge on any atom is -0.325 e. The van der Waals surface area contributed by atoms with Gasteiger partial charge in [0.1, 0.15) is 5.82 Å². The third-order valence-electron chi connectivity index (χ3n) is 4.26. The fourth-order valence-electron chi connectivity index (χ4n) is 2.91. The first-order valence-electron chi connectivity index (χ1n) is 8.71. The lowest BCUT2D eigenvalue weighted by atomic mass is 10.2. The zero-order valence-corrected chi connectivity index (χ0v) is 15.4. The molecule has 0 aliphatic carbocycles. The molecule has 0 bridgehead atoms. The fourth-order valence-corrected chi connectivity index (χ4v) is 3.89. The smallest absolute Gasteiger partial charge is 0.237 e. The zero-order valence-electron chi connectivity index (χ0n) is 14.6. The molecule has 2 aromatic carbocycles. The zero-order chi connectivity index (χ0) is 18.5. The molecule has 4 nitrogen and oxygen atoms in total.